The highest BCUT2D eigenvalue weighted by atomic mass is 16.5. The lowest BCUT2D eigenvalue weighted by Gasteiger charge is -2.14. The van der Waals surface area contributed by atoms with Gasteiger partial charge in [0, 0.05) is 12.3 Å². The van der Waals surface area contributed by atoms with Gasteiger partial charge in [-0.25, -0.2) is 9.79 Å². The molecule has 0 saturated heterocycles. The number of fused-ring (bicyclic) bond motifs is 3. The van der Waals surface area contributed by atoms with Crippen molar-refractivity contribution in [3.05, 3.63) is 59.7 Å². The zero-order chi connectivity index (χ0) is 16.1. The molecule has 0 aromatic heterocycles. The van der Waals surface area contributed by atoms with Gasteiger partial charge >= 0.3 is 5.97 Å². The molecule has 1 aliphatic carbocycles. The van der Waals surface area contributed by atoms with Crippen LogP contribution < -0.4 is 0 Å². The van der Waals surface area contributed by atoms with Crippen LogP contribution in [0.15, 0.2) is 53.5 Å². The largest absolute Gasteiger partial charge is 0.465 e. The number of rotatable bonds is 6. The van der Waals surface area contributed by atoms with Crippen LogP contribution in [-0.2, 0) is 14.3 Å². The predicted octanol–water partition coefficient (Wildman–Crippen LogP) is 3.46. The molecule has 0 saturated carbocycles. The lowest BCUT2D eigenvalue weighted by Crippen LogP contribution is -2.12. The Morgan fingerprint density at radius 3 is 2.26 bits per heavy atom. The van der Waals surface area contributed by atoms with E-state index in [4.69, 9.17) is 4.74 Å². The van der Waals surface area contributed by atoms with Crippen molar-refractivity contribution in [3.8, 4) is 11.1 Å². The normalized spacial score (nSPS) is 12.2. The third-order valence-electron chi connectivity index (χ3n) is 4.09. The van der Waals surface area contributed by atoms with Crippen molar-refractivity contribution >= 4 is 12.0 Å². The standard InChI is InChI=1S/C19H17NO3/c21-13-20-11-5-10-19(22)23-12-18-16-8-3-1-6-14(16)15-7-2-4-9-17(15)18/h1-4,6-9,18H,5,10-12H2. The lowest BCUT2D eigenvalue weighted by atomic mass is 9.98. The van der Waals surface area contributed by atoms with Gasteiger partial charge in [0.25, 0.3) is 0 Å². The van der Waals surface area contributed by atoms with Gasteiger partial charge < -0.3 is 4.74 Å². The molecule has 0 spiro atoms. The van der Waals surface area contributed by atoms with Crippen LogP contribution in [0.5, 0.6) is 0 Å². The fraction of sp³-hybridized carbons (Fsp3) is 0.263. The summed E-state index contributed by atoms with van der Waals surface area (Å²) in [5.74, 6) is -0.174. The summed E-state index contributed by atoms with van der Waals surface area (Å²) < 4.78 is 5.44. The molecule has 0 radical (unpaired) electrons. The van der Waals surface area contributed by atoms with E-state index < -0.39 is 0 Å². The molecule has 0 aliphatic heterocycles. The van der Waals surface area contributed by atoms with Gasteiger partial charge in [-0.15, -0.1) is 0 Å². The Morgan fingerprint density at radius 2 is 1.65 bits per heavy atom. The van der Waals surface area contributed by atoms with Gasteiger partial charge in [0.15, 0.2) is 0 Å². The molecule has 0 amide bonds. The summed E-state index contributed by atoms with van der Waals surface area (Å²) >= 11 is 0. The van der Waals surface area contributed by atoms with Crippen LogP contribution in [0.4, 0.5) is 0 Å². The average molecular weight is 307 g/mol. The molecule has 4 heteroatoms. The molecule has 0 atom stereocenters. The number of hydrogen-bond acceptors (Lipinski definition) is 4. The zero-order valence-corrected chi connectivity index (χ0v) is 12.7. The maximum Gasteiger partial charge on any atom is 0.305 e. The topological polar surface area (TPSA) is 55.7 Å². The van der Waals surface area contributed by atoms with Crippen molar-refractivity contribution in [1.29, 1.82) is 0 Å². The van der Waals surface area contributed by atoms with Gasteiger partial charge in [0.2, 0.25) is 6.08 Å². The van der Waals surface area contributed by atoms with E-state index in [0.29, 0.717) is 19.6 Å². The maximum absolute atomic E-state index is 11.8. The number of nitrogens with zero attached hydrogens (tertiary/aromatic N) is 1. The second-order valence-electron chi connectivity index (χ2n) is 5.49. The molecule has 0 bridgehead atoms. The Balaban J connectivity index is 1.68. The van der Waals surface area contributed by atoms with Crippen molar-refractivity contribution < 1.29 is 14.3 Å². The smallest absolute Gasteiger partial charge is 0.305 e. The summed E-state index contributed by atoms with van der Waals surface area (Å²) in [6.45, 7) is 0.650. The molecular formula is C19H17NO3. The Hall–Kier alpha value is -2.71. The number of carbonyl (C=O) groups excluding carboxylic acids is 2. The van der Waals surface area contributed by atoms with E-state index in [1.165, 1.54) is 28.3 Å². The molecule has 1 aliphatic rings. The summed E-state index contributed by atoms with van der Waals surface area (Å²) in [6.07, 6.45) is 2.23. The molecule has 3 rings (SSSR count). The first kappa shape index (κ1) is 15.2. The van der Waals surface area contributed by atoms with E-state index in [2.05, 4.69) is 29.3 Å². The highest BCUT2D eigenvalue weighted by Gasteiger charge is 2.28. The first-order valence-corrected chi connectivity index (χ1v) is 7.68. The van der Waals surface area contributed by atoms with Crippen LogP contribution in [0.1, 0.15) is 29.9 Å². The molecule has 0 heterocycles. The Morgan fingerprint density at radius 1 is 1.04 bits per heavy atom. The van der Waals surface area contributed by atoms with Crippen molar-refractivity contribution in [3.63, 3.8) is 0 Å². The van der Waals surface area contributed by atoms with Crippen LogP contribution in [0, 0.1) is 0 Å². The molecule has 0 fully saturated rings. The number of esters is 1. The van der Waals surface area contributed by atoms with Crippen LogP contribution >= 0.6 is 0 Å². The molecule has 2 aromatic rings. The van der Waals surface area contributed by atoms with Gasteiger partial charge in [-0.05, 0) is 28.7 Å². The monoisotopic (exact) mass is 307 g/mol. The van der Waals surface area contributed by atoms with E-state index in [0.717, 1.165) is 0 Å². The number of benzene rings is 2. The van der Waals surface area contributed by atoms with Crippen molar-refractivity contribution in [2.45, 2.75) is 18.8 Å². The second kappa shape index (κ2) is 7.03. The molecule has 23 heavy (non-hydrogen) atoms. The van der Waals surface area contributed by atoms with Crippen LogP contribution in [-0.4, -0.2) is 25.2 Å². The number of ether oxygens (including phenoxy) is 1. The predicted molar refractivity (Wildman–Crippen MR) is 86.9 cm³/mol. The van der Waals surface area contributed by atoms with E-state index in [1.54, 1.807) is 0 Å². The minimum absolute atomic E-state index is 0.0827. The molecule has 0 unspecified atom stereocenters. The van der Waals surface area contributed by atoms with Crippen molar-refractivity contribution in [2.24, 2.45) is 4.99 Å². The number of hydrogen-bond donors (Lipinski definition) is 0. The molecular weight excluding hydrogens is 290 g/mol. The summed E-state index contributed by atoms with van der Waals surface area (Å²) in [6, 6.07) is 16.5. The maximum atomic E-state index is 11.8. The van der Waals surface area contributed by atoms with E-state index >= 15 is 0 Å². The summed E-state index contributed by atoms with van der Waals surface area (Å²) in [4.78, 5) is 25.2. The number of isocyanates is 1. The highest BCUT2D eigenvalue weighted by Crippen LogP contribution is 2.44. The number of aliphatic imine (C=N–C) groups is 1. The van der Waals surface area contributed by atoms with E-state index in [9.17, 15) is 9.59 Å². The Labute approximate surface area is 134 Å². The third-order valence-corrected chi connectivity index (χ3v) is 4.09. The SMILES string of the molecule is O=C=NCCCC(=O)OCC1c2ccccc2-c2ccccc21. The minimum atomic E-state index is -0.257. The van der Waals surface area contributed by atoms with Gasteiger partial charge in [-0.1, -0.05) is 48.5 Å². The van der Waals surface area contributed by atoms with Crippen LogP contribution in [0.3, 0.4) is 0 Å². The van der Waals surface area contributed by atoms with Gasteiger partial charge in [0.05, 0.1) is 6.54 Å². The van der Waals surface area contributed by atoms with Crippen molar-refractivity contribution in [2.75, 3.05) is 13.2 Å². The fourth-order valence-corrected chi connectivity index (χ4v) is 3.04. The minimum Gasteiger partial charge on any atom is -0.465 e. The highest BCUT2D eigenvalue weighted by molar-refractivity contribution is 5.79. The van der Waals surface area contributed by atoms with E-state index in [-0.39, 0.29) is 18.3 Å². The van der Waals surface area contributed by atoms with Gasteiger partial charge in [0.1, 0.15) is 6.61 Å². The average Bonchev–Trinajstić information content (AvgIpc) is 2.91. The summed E-state index contributed by atoms with van der Waals surface area (Å²) in [5, 5.41) is 0. The third kappa shape index (κ3) is 3.22. The second-order valence-corrected chi connectivity index (χ2v) is 5.49. The lowest BCUT2D eigenvalue weighted by molar-refractivity contribution is -0.144. The Bertz CT molecular complexity index is 717. The van der Waals surface area contributed by atoms with Crippen LogP contribution in [0.2, 0.25) is 0 Å². The summed E-state index contributed by atoms with van der Waals surface area (Å²) in [5.41, 5.74) is 4.83. The number of carbonyl (C=O) groups is 1. The zero-order valence-electron chi connectivity index (χ0n) is 12.7. The first-order chi connectivity index (χ1) is 11.3. The molecule has 4 nitrogen and oxygen atoms in total. The summed E-state index contributed by atoms with van der Waals surface area (Å²) in [7, 11) is 0. The van der Waals surface area contributed by atoms with Gasteiger partial charge in [-0.2, -0.15) is 0 Å². The quantitative estimate of drug-likeness (QED) is 0.355. The molecule has 116 valence electrons. The molecule has 2 aromatic carbocycles. The van der Waals surface area contributed by atoms with Gasteiger partial charge in [-0.3, -0.25) is 4.79 Å². The molecule has 0 N–H and O–H groups in total. The van der Waals surface area contributed by atoms with E-state index in [1.807, 2.05) is 24.3 Å². The fourth-order valence-electron chi connectivity index (χ4n) is 3.04. The first-order valence-electron chi connectivity index (χ1n) is 7.68. The Kier molecular flexibility index (Phi) is 4.65. The van der Waals surface area contributed by atoms with Crippen LogP contribution in [0.25, 0.3) is 11.1 Å². The van der Waals surface area contributed by atoms with Crippen molar-refractivity contribution in [1.82, 2.24) is 0 Å².